The van der Waals surface area contributed by atoms with E-state index in [0.29, 0.717) is 17.5 Å². The topological polar surface area (TPSA) is 41.9 Å². The van der Waals surface area contributed by atoms with Crippen LogP contribution in [-0.4, -0.2) is 54.2 Å². The summed E-state index contributed by atoms with van der Waals surface area (Å²) in [5, 5.41) is 7.19. The molecule has 11 rings (SSSR count). The van der Waals surface area contributed by atoms with E-state index in [4.69, 9.17) is 15.0 Å². The summed E-state index contributed by atoms with van der Waals surface area (Å²) in [5.74, 6) is 2.03. The fraction of sp³-hybridized carbons (Fsp3) is 0. The molecule has 1 aliphatic rings. The van der Waals surface area contributed by atoms with Gasteiger partial charge in [0.25, 0.3) is 0 Å². The Labute approximate surface area is 339 Å². The number of hydrogen-bond donors (Lipinski definition) is 0. The van der Waals surface area contributed by atoms with E-state index in [1.165, 1.54) is 80.8 Å². The van der Waals surface area contributed by atoms with E-state index in [1.54, 1.807) is 0 Å². The van der Waals surface area contributed by atoms with Crippen molar-refractivity contribution >= 4 is 137 Å². The summed E-state index contributed by atoms with van der Waals surface area (Å²) < 4.78 is 2.53. The van der Waals surface area contributed by atoms with Gasteiger partial charge in [0, 0.05) is 53.2 Å². The molecule has 2 aromatic heterocycles. The molecule has 262 valence electrons. The van der Waals surface area contributed by atoms with Gasteiger partial charge in [0.1, 0.15) is 39.2 Å². The third-order valence-corrected chi connectivity index (χ3v) is 13.6. The molecule has 57 heavy (non-hydrogen) atoms. The van der Waals surface area contributed by atoms with Gasteiger partial charge >= 0.3 is 0 Å². The molecule has 0 amide bonds. The minimum Gasteiger partial charge on any atom is -0.309 e. The van der Waals surface area contributed by atoms with Crippen molar-refractivity contribution in [3.05, 3.63) is 140 Å². The molecule has 0 unspecified atom stereocenters. The van der Waals surface area contributed by atoms with Crippen molar-refractivity contribution in [2.45, 2.75) is 0 Å². The number of fused-ring (bicyclic) bond motifs is 6. The van der Waals surface area contributed by atoms with Gasteiger partial charge in [-0.15, -0.1) is 27.7 Å². The maximum Gasteiger partial charge on any atom is 0.164 e. The highest BCUT2D eigenvalue weighted by Gasteiger charge is 2.27. The van der Waals surface area contributed by atoms with Gasteiger partial charge in [0.15, 0.2) is 17.5 Å². The lowest BCUT2D eigenvalue weighted by Crippen LogP contribution is -2.55. The molecule has 0 saturated heterocycles. The minimum atomic E-state index is 0.661. The van der Waals surface area contributed by atoms with E-state index in [1.807, 2.05) is 11.3 Å². The number of hydrogen-bond acceptors (Lipinski definition) is 5. The summed E-state index contributed by atoms with van der Waals surface area (Å²) in [4.78, 5) is 18.5. The number of anilines is 3. The summed E-state index contributed by atoms with van der Waals surface area (Å²) in [7, 11) is 11.0. The molecule has 0 aliphatic carbocycles. The Hall–Kier alpha value is -6.37. The second kappa shape index (κ2) is 12.8. The van der Waals surface area contributed by atoms with Crippen molar-refractivity contribution in [3.63, 3.8) is 0 Å². The Morgan fingerprint density at radius 3 is 1.84 bits per heavy atom. The van der Waals surface area contributed by atoms with E-state index >= 15 is 0 Å². The molecule has 8 aromatic carbocycles. The van der Waals surface area contributed by atoms with Crippen LogP contribution < -0.4 is 32.2 Å². The molecule has 0 bridgehead atoms. The molecule has 0 atom stereocenters. The number of benzene rings is 8. The van der Waals surface area contributed by atoms with E-state index in [0.717, 1.165) is 33.2 Å². The molecular formula is C47H33B5N4S. The van der Waals surface area contributed by atoms with Gasteiger partial charge in [-0.1, -0.05) is 108 Å². The number of thiophene rings is 1. The van der Waals surface area contributed by atoms with Crippen molar-refractivity contribution in [2.75, 3.05) is 4.90 Å². The average Bonchev–Trinajstić information content (AvgIpc) is 3.63. The number of aromatic nitrogens is 3. The predicted molar refractivity (Wildman–Crippen MR) is 259 cm³/mol. The largest absolute Gasteiger partial charge is 0.309 e. The normalized spacial score (nSPS) is 12.2. The molecule has 1 aliphatic heterocycles. The van der Waals surface area contributed by atoms with Gasteiger partial charge in [-0.25, -0.2) is 15.0 Å². The first-order chi connectivity index (χ1) is 27.9. The molecule has 0 N–H and O–H groups in total. The van der Waals surface area contributed by atoms with Gasteiger partial charge in [0.05, 0.1) is 17.1 Å². The third-order valence-electron chi connectivity index (χ3n) is 12.4. The van der Waals surface area contributed by atoms with Gasteiger partial charge < -0.3 is 4.90 Å². The molecule has 3 heterocycles. The fourth-order valence-corrected chi connectivity index (χ4v) is 10.2. The van der Waals surface area contributed by atoms with Crippen LogP contribution in [0.2, 0.25) is 0 Å². The second-order valence-electron chi connectivity index (χ2n) is 15.3. The lowest BCUT2D eigenvalue weighted by atomic mass is 9.60. The summed E-state index contributed by atoms with van der Waals surface area (Å²) in [6.07, 6.45) is 0. The fourth-order valence-electron chi connectivity index (χ4n) is 9.14. The third kappa shape index (κ3) is 5.10. The van der Waals surface area contributed by atoms with Gasteiger partial charge in [-0.2, -0.15) is 0 Å². The molecule has 0 fully saturated rings. The van der Waals surface area contributed by atoms with E-state index in [2.05, 4.69) is 184 Å². The number of rotatable bonds is 4. The van der Waals surface area contributed by atoms with Crippen molar-refractivity contribution in [1.82, 2.24) is 15.0 Å². The van der Waals surface area contributed by atoms with Gasteiger partial charge in [-0.05, 0) is 58.8 Å². The summed E-state index contributed by atoms with van der Waals surface area (Å²) in [6, 6.07) is 50.5. The summed E-state index contributed by atoms with van der Waals surface area (Å²) in [6.45, 7) is 0. The van der Waals surface area contributed by atoms with Crippen LogP contribution in [-0.2, 0) is 0 Å². The van der Waals surface area contributed by atoms with Crippen LogP contribution in [0.15, 0.2) is 140 Å². The van der Waals surface area contributed by atoms with Crippen molar-refractivity contribution in [1.29, 1.82) is 0 Å². The van der Waals surface area contributed by atoms with Crippen molar-refractivity contribution in [2.24, 2.45) is 0 Å². The Morgan fingerprint density at radius 2 is 0.982 bits per heavy atom. The zero-order chi connectivity index (χ0) is 38.5. The Bertz CT molecular complexity index is 3310. The van der Waals surface area contributed by atoms with Crippen LogP contribution in [0.1, 0.15) is 0 Å². The van der Waals surface area contributed by atoms with Crippen molar-refractivity contribution in [3.8, 4) is 45.3 Å². The lowest BCUT2D eigenvalue weighted by Gasteiger charge is -2.34. The maximum atomic E-state index is 5.39. The highest BCUT2D eigenvalue weighted by atomic mass is 32.1. The molecule has 10 aromatic rings. The van der Waals surface area contributed by atoms with Gasteiger partial charge in [0.2, 0.25) is 0 Å². The van der Waals surface area contributed by atoms with Crippen LogP contribution in [0, 0.1) is 0 Å². The Morgan fingerprint density at radius 1 is 0.404 bits per heavy atom. The molecule has 0 saturated carbocycles. The first-order valence-corrected chi connectivity index (χ1v) is 20.4. The SMILES string of the molecule is Bc1c(B)c(B)c(-c2nc(-c3ccc4sc5ccccc5c4c3)nc(-c3cccc4c(N5c6ccccc6-c6cccc7cccc5c67)cccc34)n2)c(B)c1B. The zero-order valence-electron chi connectivity index (χ0n) is 32.5. The standard InChI is InChI=1S/C47H33B5N4S/c48-40-39(41(49)43(51)44(52)42(40)50)47-54-45(25-21-22-37-32(23-25)29-12-2-4-20-36(29)57-37)53-46(55-47)31-16-7-14-27-26(31)13-8-18-34(27)56-33-17-3-1-11-28(33)30-15-5-9-24-10-6-19-35(56)38(24)30/h1-23H,48-52H2. The highest BCUT2D eigenvalue weighted by molar-refractivity contribution is 7.25. The maximum absolute atomic E-state index is 5.39. The van der Waals surface area contributed by atoms with Crippen LogP contribution >= 0.6 is 11.3 Å². The van der Waals surface area contributed by atoms with E-state index in [9.17, 15) is 0 Å². The molecular weight excluding hydrogens is 707 g/mol. The molecule has 0 radical (unpaired) electrons. The number of para-hydroxylation sites is 1. The first-order valence-electron chi connectivity index (χ1n) is 19.5. The second-order valence-corrected chi connectivity index (χ2v) is 16.4. The predicted octanol–water partition coefficient (Wildman–Crippen LogP) is 4.29. The minimum absolute atomic E-state index is 0.661. The average molecular weight is 740 g/mol. The lowest BCUT2D eigenvalue weighted by molar-refractivity contribution is 1.08. The molecule has 0 spiro atoms. The molecule has 10 heteroatoms. The van der Waals surface area contributed by atoms with Crippen LogP contribution in [0.5, 0.6) is 0 Å². The monoisotopic (exact) mass is 740 g/mol. The highest BCUT2D eigenvalue weighted by Crippen LogP contribution is 2.52. The smallest absolute Gasteiger partial charge is 0.164 e. The van der Waals surface area contributed by atoms with E-state index < -0.39 is 0 Å². The Balaban J connectivity index is 1.16. The molecule has 4 nitrogen and oxygen atoms in total. The zero-order valence-corrected chi connectivity index (χ0v) is 33.3. The summed E-state index contributed by atoms with van der Waals surface area (Å²) in [5.41, 5.74) is 15.3. The Kier molecular flexibility index (Phi) is 7.64. The van der Waals surface area contributed by atoms with Gasteiger partial charge in [-0.3, -0.25) is 0 Å². The summed E-state index contributed by atoms with van der Waals surface area (Å²) >= 11 is 1.82. The van der Waals surface area contributed by atoms with E-state index in [-0.39, 0.29) is 0 Å². The van der Waals surface area contributed by atoms with Crippen LogP contribution in [0.4, 0.5) is 17.1 Å². The van der Waals surface area contributed by atoms with Crippen LogP contribution in [0.25, 0.3) is 87.0 Å². The van der Waals surface area contributed by atoms with Crippen molar-refractivity contribution < 1.29 is 0 Å². The van der Waals surface area contributed by atoms with Crippen LogP contribution in [0.3, 0.4) is 0 Å². The number of nitrogens with zero attached hydrogens (tertiary/aromatic N) is 4. The first kappa shape index (κ1) is 33.9. The quantitative estimate of drug-likeness (QED) is 0.253.